The molecule has 0 bridgehead atoms. The molecule has 6 nitrogen and oxygen atoms in total. The van der Waals surface area contributed by atoms with Crippen LogP contribution in [0.2, 0.25) is 0 Å². The average molecular weight is 459 g/mol. The topological polar surface area (TPSA) is 67.2 Å². The first-order chi connectivity index (χ1) is 16.6. The van der Waals surface area contributed by atoms with Gasteiger partial charge in [0.1, 0.15) is 5.69 Å². The van der Waals surface area contributed by atoms with Gasteiger partial charge in [-0.3, -0.25) is 9.59 Å². The standard InChI is InChI=1S/C28H34N4O2/c1-3-4-10-17-29-27(33)22-15-18-31(19-16-22)28(34)25-20-32(23-12-6-5-7-13-23)30-26(25)24-14-9-8-11-21(24)2/h5-9,11-14,20,22H,3-4,10,15-19H2,1-2H3,(H,29,33). The molecule has 178 valence electrons. The molecule has 3 aromatic rings. The van der Waals surface area contributed by atoms with E-state index >= 15 is 0 Å². The zero-order chi connectivity index (χ0) is 23.9. The van der Waals surface area contributed by atoms with Gasteiger partial charge < -0.3 is 10.2 Å². The molecule has 0 saturated carbocycles. The molecule has 34 heavy (non-hydrogen) atoms. The third kappa shape index (κ3) is 5.38. The Labute approximate surface area is 202 Å². The Hall–Kier alpha value is -3.41. The van der Waals surface area contributed by atoms with Gasteiger partial charge in [-0.2, -0.15) is 5.10 Å². The molecule has 1 N–H and O–H groups in total. The maximum Gasteiger partial charge on any atom is 0.257 e. The highest BCUT2D eigenvalue weighted by molar-refractivity contribution is 6.00. The van der Waals surface area contributed by atoms with Crippen molar-refractivity contribution in [1.29, 1.82) is 0 Å². The monoisotopic (exact) mass is 458 g/mol. The van der Waals surface area contributed by atoms with Gasteiger partial charge >= 0.3 is 0 Å². The lowest BCUT2D eigenvalue weighted by Crippen LogP contribution is -2.43. The van der Waals surface area contributed by atoms with Crippen LogP contribution in [-0.4, -0.2) is 46.1 Å². The zero-order valence-corrected chi connectivity index (χ0v) is 20.2. The molecule has 0 spiro atoms. The summed E-state index contributed by atoms with van der Waals surface area (Å²) in [5.41, 5.74) is 4.24. The summed E-state index contributed by atoms with van der Waals surface area (Å²) >= 11 is 0. The van der Waals surface area contributed by atoms with Crippen molar-refractivity contribution in [3.8, 4) is 16.9 Å². The highest BCUT2D eigenvalue weighted by atomic mass is 16.2. The first-order valence-corrected chi connectivity index (χ1v) is 12.4. The Balaban J connectivity index is 1.51. The second-order valence-corrected chi connectivity index (χ2v) is 9.05. The van der Waals surface area contributed by atoms with Gasteiger partial charge in [-0.15, -0.1) is 0 Å². The normalized spacial score (nSPS) is 14.2. The summed E-state index contributed by atoms with van der Waals surface area (Å²) in [4.78, 5) is 28.0. The molecule has 1 fully saturated rings. The predicted molar refractivity (Wildman–Crippen MR) is 135 cm³/mol. The molecule has 1 aliphatic heterocycles. The largest absolute Gasteiger partial charge is 0.356 e. The fourth-order valence-corrected chi connectivity index (χ4v) is 4.53. The number of nitrogens with one attached hydrogen (secondary N) is 1. The van der Waals surface area contributed by atoms with Gasteiger partial charge in [-0.1, -0.05) is 62.2 Å². The van der Waals surface area contributed by atoms with Crippen LogP contribution < -0.4 is 5.32 Å². The van der Waals surface area contributed by atoms with Crippen molar-refractivity contribution in [2.75, 3.05) is 19.6 Å². The van der Waals surface area contributed by atoms with E-state index < -0.39 is 0 Å². The third-order valence-electron chi connectivity index (χ3n) is 6.60. The van der Waals surface area contributed by atoms with Crippen LogP contribution in [0.25, 0.3) is 16.9 Å². The smallest absolute Gasteiger partial charge is 0.257 e. The molecule has 4 rings (SSSR count). The Bertz CT molecular complexity index is 1110. The van der Waals surface area contributed by atoms with Crippen molar-refractivity contribution < 1.29 is 9.59 Å². The van der Waals surface area contributed by atoms with Crippen LogP contribution in [0.3, 0.4) is 0 Å². The fourth-order valence-electron chi connectivity index (χ4n) is 4.53. The van der Waals surface area contributed by atoms with Crippen molar-refractivity contribution in [2.24, 2.45) is 5.92 Å². The summed E-state index contributed by atoms with van der Waals surface area (Å²) in [6.07, 6.45) is 6.52. The second kappa shape index (κ2) is 11.1. The van der Waals surface area contributed by atoms with Gasteiger partial charge in [0, 0.05) is 37.3 Å². The summed E-state index contributed by atoms with van der Waals surface area (Å²) in [5.74, 6) is 0.0801. The number of carbonyl (C=O) groups is 2. The lowest BCUT2D eigenvalue weighted by molar-refractivity contribution is -0.126. The molecular formula is C28H34N4O2. The minimum atomic E-state index is -0.0257. The minimum absolute atomic E-state index is 0.0199. The first kappa shape index (κ1) is 23.7. The van der Waals surface area contributed by atoms with Crippen LogP contribution in [0.15, 0.2) is 60.8 Å². The Morgan fingerprint density at radius 2 is 1.71 bits per heavy atom. The number of likely N-dealkylation sites (tertiary alicyclic amines) is 1. The number of benzene rings is 2. The molecule has 2 amide bonds. The highest BCUT2D eigenvalue weighted by Gasteiger charge is 2.30. The second-order valence-electron chi connectivity index (χ2n) is 9.05. The number of hydrogen-bond acceptors (Lipinski definition) is 3. The average Bonchev–Trinajstić information content (AvgIpc) is 3.32. The quantitative estimate of drug-likeness (QED) is 0.483. The molecule has 1 saturated heterocycles. The van der Waals surface area contributed by atoms with Crippen molar-refractivity contribution in [3.63, 3.8) is 0 Å². The molecule has 0 aliphatic carbocycles. The van der Waals surface area contributed by atoms with Crippen LogP contribution >= 0.6 is 0 Å². The molecular weight excluding hydrogens is 424 g/mol. The SMILES string of the molecule is CCCCCNC(=O)C1CCN(C(=O)c2cn(-c3ccccc3)nc2-c2ccccc2C)CC1. The van der Waals surface area contributed by atoms with Gasteiger partial charge in [0.05, 0.1) is 11.3 Å². The minimum Gasteiger partial charge on any atom is -0.356 e. The number of piperidine rings is 1. The van der Waals surface area contributed by atoms with E-state index in [4.69, 9.17) is 5.10 Å². The molecule has 0 unspecified atom stereocenters. The fraction of sp³-hybridized carbons (Fsp3) is 0.393. The highest BCUT2D eigenvalue weighted by Crippen LogP contribution is 2.29. The van der Waals surface area contributed by atoms with Gasteiger partial charge in [-0.05, 0) is 43.9 Å². The molecule has 2 aromatic carbocycles. The number of rotatable bonds is 8. The maximum atomic E-state index is 13.6. The van der Waals surface area contributed by atoms with Gasteiger partial charge in [-0.25, -0.2) is 4.68 Å². The number of hydrogen-bond donors (Lipinski definition) is 1. The van der Waals surface area contributed by atoms with Crippen molar-refractivity contribution >= 4 is 11.8 Å². The van der Waals surface area contributed by atoms with E-state index in [0.29, 0.717) is 37.2 Å². The first-order valence-electron chi connectivity index (χ1n) is 12.4. The molecule has 1 aromatic heterocycles. The number of unbranched alkanes of at least 4 members (excludes halogenated alkanes) is 2. The zero-order valence-electron chi connectivity index (χ0n) is 20.2. The lowest BCUT2D eigenvalue weighted by atomic mass is 9.95. The molecule has 0 radical (unpaired) electrons. The van der Waals surface area contributed by atoms with E-state index in [9.17, 15) is 9.59 Å². The van der Waals surface area contributed by atoms with Crippen LogP contribution in [0, 0.1) is 12.8 Å². The van der Waals surface area contributed by atoms with Crippen LogP contribution in [-0.2, 0) is 4.79 Å². The van der Waals surface area contributed by atoms with E-state index in [1.165, 1.54) is 0 Å². The maximum absolute atomic E-state index is 13.6. The molecule has 0 atom stereocenters. The number of amides is 2. The van der Waals surface area contributed by atoms with Crippen LogP contribution in [0.4, 0.5) is 0 Å². The van der Waals surface area contributed by atoms with Crippen LogP contribution in [0.5, 0.6) is 0 Å². The Kier molecular flexibility index (Phi) is 7.78. The number of aromatic nitrogens is 2. The summed E-state index contributed by atoms with van der Waals surface area (Å²) in [7, 11) is 0. The number of carbonyl (C=O) groups excluding carboxylic acids is 2. The van der Waals surface area contributed by atoms with Gasteiger partial charge in [0.15, 0.2) is 0 Å². The van der Waals surface area contributed by atoms with Crippen molar-refractivity contribution in [2.45, 2.75) is 46.0 Å². The van der Waals surface area contributed by atoms with Crippen molar-refractivity contribution in [1.82, 2.24) is 20.0 Å². The summed E-state index contributed by atoms with van der Waals surface area (Å²) < 4.78 is 1.78. The Morgan fingerprint density at radius 1 is 1.00 bits per heavy atom. The van der Waals surface area contributed by atoms with Gasteiger partial charge in [0.25, 0.3) is 5.91 Å². The third-order valence-corrected chi connectivity index (χ3v) is 6.60. The van der Waals surface area contributed by atoms with E-state index in [0.717, 1.165) is 42.6 Å². The van der Waals surface area contributed by atoms with Gasteiger partial charge in [0.2, 0.25) is 5.91 Å². The van der Waals surface area contributed by atoms with E-state index in [-0.39, 0.29) is 17.7 Å². The van der Waals surface area contributed by atoms with Crippen LogP contribution in [0.1, 0.15) is 54.9 Å². The van der Waals surface area contributed by atoms with E-state index in [1.54, 1.807) is 4.68 Å². The predicted octanol–water partition coefficient (Wildman–Crippen LogP) is 5.01. The number of aryl methyl sites for hydroxylation is 1. The molecule has 1 aliphatic rings. The number of para-hydroxylation sites is 1. The molecule has 2 heterocycles. The van der Waals surface area contributed by atoms with E-state index in [1.807, 2.05) is 72.6 Å². The number of nitrogens with zero attached hydrogens (tertiary/aromatic N) is 3. The summed E-state index contributed by atoms with van der Waals surface area (Å²) in [5, 5.41) is 7.89. The van der Waals surface area contributed by atoms with Crippen molar-refractivity contribution in [3.05, 3.63) is 71.9 Å². The summed E-state index contributed by atoms with van der Waals surface area (Å²) in [6.45, 7) is 6.09. The summed E-state index contributed by atoms with van der Waals surface area (Å²) in [6, 6.07) is 17.9. The Morgan fingerprint density at radius 3 is 2.41 bits per heavy atom. The van der Waals surface area contributed by atoms with E-state index in [2.05, 4.69) is 12.2 Å². The lowest BCUT2D eigenvalue weighted by Gasteiger charge is -2.31. The molecule has 6 heteroatoms.